The van der Waals surface area contributed by atoms with Crippen molar-refractivity contribution >= 4 is 28.5 Å². The minimum atomic E-state index is -0.0933. The van der Waals surface area contributed by atoms with Gasteiger partial charge in [-0.3, -0.25) is 0 Å². The number of aromatic nitrogens is 2. The maximum Gasteiger partial charge on any atom is 0.343 e. The van der Waals surface area contributed by atoms with Crippen molar-refractivity contribution in [1.29, 1.82) is 0 Å². The molecule has 4 nitrogen and oxygen atoms in total. The van der Waals surface area contributed by atoms with Crippen molar-refractivity contribution in [2.24, 2.45) is 17.8 Å². The van der Waals surface area contributed by atoms with Crippen molar-refractivity contribution in [3.8, 4) is 0 Å². The Morgan fingerprint density at radius 3 is 2.48 bits per heavy atom. The van der Waals surface area contributed by atoms with E-state index in [4.69, 9.17) is 11.6 Å². The Hall–Kier alpha value is -1.55. The number of halogens is 1. The van der Waals surface area contributed by atoms with Gasteiger partial charge in [0, 0.05) is 15.9 Å². The second-order valence-corrected chi connectivity index (χ2v) is 8.32. The van der Waals surface area contributed by atoms with Crippen molar-refractivity contribution in [3.05, 3.63) is 29.4 Å². The normalized spacial score (nSPS) is 34.9. The molecule has 0 saturated heterocycles. The molecule has 23 heavy (non-hydrogen) atoms. The second-order valence-electron chi connectivity index (χ2n) is 7.89. The molecular formula is C18H20ClN3O. The van der Waals surface area contributed by atoms with Gasteiger partial charge in [-0.1, -0.05) is 11.6 Å². The highest BCUT2D eigenvalue weighted by Crippen LogP contribution is 2.55. The number of nitrogens with zero attached hydrogens (tertiary/aromatic N) is 2. The number of carbonyl (C=O) groups excluding carboxylic acids is 1. The molecule has 4 saturated carbocycles. The number of hydrogen-bond donors (Lipinski definition) is 1. The Kier molecular flexibility index (Phi) is 2.85. The van der Waals surface area contributed by atoms with Gasteiger partial charge in [0.25, 0.3) is 0 Å². The first-order valence-electron chi connectivity index (χ1n) is 8.56. The summed E-state index contributed by atoms with van der Waals surface area (Å²) in [7, 11) is 0. The average molecular weight is 330 g/mol. The van der Waals surface area contributed by atoms with E-state index in [0.717, 1.165) is 47.9 Å². The van der Waals surface area contributed by atoms with Crippen molar-refractivity contribution in [2.75, 3.05) is 0 Å². The van der Waals surface area contributed by atoms with E-state index in [-0.39, 0.29) is 11.6 Å². The summed E-state index contributed by atoms with van der Waals surface area (Å²) in [5.74, 6) is 2.44. The van der Waals surface area contributed by atoms with Gasteiger partial charge in [-0.05, 0) is 74.5 Å². The van der Waals surface area contributed by atoms with Crippen LogP contribution in [0.3, 0.4) is 0 Å². The van der Waals surface area contributed by atoms with Crippen LogP contribution >= 0.6 is 11.6 Å². The van der Waals surface area contributed by atoms with Gasteiger partial charge in [0.05, 0.1) is 11.7 Å². The van der Waals surface area contributed by atoms with E-state index < -0.39 is 0 Å². The predicted octanol–water partition coefficient (Wildman–Crippen LogP) is 4.22. The molecule has 0 atom stereocenters. The number of hydrogen-bond acceptors (Lipinski definition) is 2. The lowest BCUT2D eigenvalue weighted by molar-refractivity contribution is -0.0135. The van der Waals surface area contributed by atoms with Crippen LogP contribution in [0.5, 0.6) is 0 Å². The number of rotatable bonds is 1. The van der Waals surface area contributed by atoms with Crippen LogP contribution in [0, 0.1) is 17.8 Å². The standard InChI is InChI=1S/C18H20ClN3O/c19-15-1-2-16-14(6-15)10-20-22(16)17(23)21-18-7-11-3-12(8-18)5-13(4-11)9-18/h1-2,6,10-13H,3-5,7-9H2,(H,21,23). The quantitative estimate of drug-likeness (QED) is 0.851. The molecule has 4 aliphatic carbocycles. The molecular weight excluding hydrogens is 310 g/mol. The first kappa shape index (κ1) is 13.8. The molecule has 2 aromatic rings. The fraction of sp³-hybridized carbons (Fsp3) is 0.556. The Labute approximate surface area is 140 Å². The van der Waals surface area contributed by atoms with E-state index in [1.165, 1.54) is 23.9 Å². The summed E-state index contributed by atoms with van der Waals surface area (Å²) in [5, 5.41) is 9.21. The number of fused-ring (bicyclic) bond motifs is 1. The Morgan fingerprint density at radius 2 is 1.83 bits per heavy atom. The highest BCUT2D eigenvalue weighted by molar-refractivity contribution is 6.31. The van der Waals surface area contributed by atoms with Gasteiger partial charge in [0.2, 0.25) is 0 Å². The van der Waals surface area contributed by atoms with Gasteiger partial charge in [-0.25, -0.2) is 4.79 Å². The van der Waals surface area contributed by atoms with Crippen molar-refractivity contribution in [2.45, 2.75) is 44.1 Å². The molecule has 0 aliphatic heterocycles. The van der Waals surface area contributed by atoms with Gasteiger partial charge in [-0.2, -0.15) is 9.78 Å². The first-order chi connectivity index (χ1) is 11.1. The van der Waals surface area contributed by atoms with Crippen LogP contribution in [0.2, 0.25) is 5.02 Å². The minimum absolute atomic E-state index is 0.0104. The molecule has 1 amide bonds. The summed E-state index contributed by atoms with van der Waals surface area (Å²) in [5.41, 5.74) is 0.827. The lowest BCUT2D eigenvalue weighted by atomic mass is 9.53. The SMILES string of the molecule is O=C(NC12CC3CC(CC(C3)C1)C2)n1ncc2cc(Cl)ccc21. The first-order valence-corrected chi connectivity index (χ1v) is 8.94. The summed E-state index contributed by atoms with van der Waals surface area (Å²) in [6.45, 7) is 0. The third kappa shape index (κ3) is 2.18. The van der Waals surface area contributed by atoms with Crippen LogP contribution < -0.4 is 5.32 Å². The average Bonchev–Trinajstić information content (AvgIpc) is 2.88. The summed E-state index contributed by atoms with van der Waals surface area (Å²) in [4.78, 5) is 12.8. The third-order valence-electron chi connectivity index (χ3n) is 6.13. The van der Waals surface area contributed by atoms with Gasteiger partial charge >= 0.3 is 6.03 Å². The number of carbonyl (C=O) groups is 1. The smallest absolute Gasteiger partial charge is 0.331 e. The predicted molar refractivity (Wildman–Crippen MR) is 89.6 cm³/mol. The van der Waals surface area contributed by atoms with Gasteiger partial charge in [0.1, 0.15) is 0 Å². The van der Waals surface area contributed by atoms with Gasteiger partial charge < -0.3 is 5.32 Å². The van der Waals surface area contributed by atoms with E-state index in [1.807, 2.05) is 12.1 Å². The molecule has 0 unspecified atom stereocenters. The van der Waals surface area contributed by atoms with Crippen molar-refractivity contribution in [3.63, 3.8) is 0 Å². The Bertz CT molecular complexity index is 761. The fourth-order valence-corrected chi connectivity index (χ4v) is 5.89. The van der Waals surface area contributed by atoms with E-state index in [9.17, 15) is 4.79 Å². The third-order valence-corrected chi connectivity index (χ3v) is 6.37. The number of amides is 1. The highest BCUT2D eigenvalue weighted by Gasteiger charge is 2.51. The van der Waals surface area contributed by atoms with Crippen molar-refractivity contribution in [1.82, 2.24) is 15.1 Å². The molecule has 4 bridgehead atoms. The maximum absolute atomic E-state index is 12.8. The Balaban J connectivity index is 1.44. The number of nitrogens with one attached hydrogen (secondary N) is 1. The van der Waals surface area contributed by atoms with Crippen LogP contribution in [0.25, 0.3) is 10.9 Å². The van der Waals surface area contributed by atoms with Crippen LogP contribution in [0.4, 0.5) is 4.79 Å². The summed E-state index contributed by atoms with van der Waals surface area (Å²) < 4.78 is 1.49. The summed E-state index contributed by atoms with van der Waals surface area (Å²) >= 11 is 6.01. The molecule has 1 aromatic carbocycles. The molecule has 1 aromatic heterocycles. The summed E-state index contributed by atoms with van der Waals surface area (Å²) in [6.07, 6.45) is 9.27. The molecule has 120 valence electrons. The Morgan fingerprint density at radius 1 is 1.17 bits per heavy atom. The largest absolute Gasteiger partial charge is 0.343 e. The molecule has 1 heterocycles. The van der Waals surface area contributed by atoms with Crippen LogP contribution in [-0.2, 0) is 0 Å². The van der Waals surface area contributed by atoms with Crippen LogP contribution in [-0.4, -0.2) is 21.4 Å². The van der Waals surface area contributed by atoms with E-state index in [2.05, 4.69) is 10.4 Å². The molecule has 4 fully saturated rings. The molecule has 4 aliphatic rings. The summed E-state index contributed by atoms with van der Waals surface area (Å²) in [6, 6.07) is 5.42. The zero-order chi connectivity index (χ0) is 15.6. The monoisotopic (exact) mass is 329 g/mol. The molecule has 1 N–H and O–H groups in total. The van der Waals surface area contributed by atoms with Gasteiger partial charge in [0.15, 0.2) is 0 Å². The second kappa shape index (κ2) is 4.73. The van der Waals surface area contributed by atoms with E-state index in [1.54, 1.807) is 12.3 Å². The van der Waals surface area contributed by atoms with E-state index in [0.29, 0.717) is 5.02 Å². The molecule has 5 heteroatoms. The van der Waals surface area contributed by atoms with Gasteiger partial charge in [-0.15, -0.1) is 0 Å². The molecule has 0 spiro atoms. The van der Waals surface area contributed by atoms with Crippen LogP contribution in [0.1, 0.15) is 38.5 Å². The highest BCUT2D eigenvalue weighted by atomic mass is 35.5. The zero-order valence-electron chi connectivity index (χ0n) is 13.0. The molecule has 0 radical (unpaired) electrons. The van der Waals surface area contributed by atoms with E-state index >= 15 is 0 Å². The molecule has 6 rings (SSSR count). The maximum atomic E-state index is 12.8. The van der Waals surface area contributed by atoms with Crippen LogP contribution in [0.15, 0.2) is 24.4 Å². The minimum Gasteiger partial charge on any atom is -0.331 e. The fourth-order valence-electron chi connectivity index (χ4n) is 5.71. The lowest BCUT2D eigenvalue weighted by Crippen LogP contribution is -2.60. The topological polar surface area (TPSA) is 46.9 Å². The van der Waals surface area contributed by atoms with Crippen molar-refractivity contribution < 1.29 is 4.79 Å². The zero-order valence-corrected chi connectivity index (χ0v) is 13.7. The lowest BCUT2D eigenvalue weighted by Gasteiger charge is -2.56. The number of benzene rings is 1.